The van der Waals surface area contributed by atoms with Crippen LogP contribution in [0.5, 0.6) is 0 Å². The number of thiazole rings is 1. The molecule has 0 fully saturated rings. The highest BCUT2D eigenvalue weighted by molar-refractivity contribution is 7.13. The maximum Gasteiger partial charge on any atom is 0.178 e. The fraction of sp³-hybridized carbons (Fsp3) is 0.600. The number of carbonyl (C=O) groups is 1. The molecule has 1 heterocycles. The molecular weight excluding hydrogens is 182 g/mol. The minimum absolute atomic E-state index is 0.654. The SMILES string of the molecule is CCC1CCc2nc(C=O)sc2C1. The first-order valence-corrected chi connectivity index (χ1v) is 5.59. The van der Waals surface area contributed by atoms with E-state index < -0.39 is 0 Å². The summed E-state index contributed by atoms with van der Waals surface area (Å²) in [6.45, 7) is 2.23. The molecule has 0 N–H and O–H groups in total. The van der Waals surface area contributed by atoms with Gasteiger partial charge in [0, 0.05) is 4.88 Å². The van der Waals surface area contributed by atoms with Gasteiger partial charge in [0.2, 0.25) is 0 Å². The third kappa shape index (κ3) is 1.66. The largest absolute Gasteiger partial charge is 0.295 e. The Morgan fingerprint density at radius 1 is 1.69 bits per heavy atom. The number of nitrogens with zero attached hydrogens (tertiary/aromatic N) is 1. The van der Waals surface area contributed by atoms with E-state index in [1.165, 1.54) is 23.4 Å². The Morgan fingerprint density at radius 3 is 3.23 bits per heavy atom. The second kappa shape index (κ2) is 3.58. The summed E-state index contributed by atoms with van der Waals surface area (Å²) >= 11 is 1.58. The van der Waals surface area contributed by atoms with E-state index in [2.05, 4.69) is 11.9 Å². The monoisotopic (exact) mass is 195 g/mol. The van der Waals surface area contributed by atoms with Gasteiger partial charge in [-0.1, -0.05) is 13.3 Å². The van der Waals surface area contributed by atoms with Crippen molar-refractivity contribution in [2.75, 3.05) is 0 Å². The number of hydrogen-bond acceptors (Lipinski definition) is 3. The van der Waals surface area contributed by atoms with Crippen LogP contribution in [-0.2, 0) is 12.8 Å². The van der Waals surface area contributed by atoms with Crippen molar-refractivity contribution >= 4 is 17.6 Å². The zero-order valence-corrected chi connectivity index (χ0v) is 8.56. The molecule has 13 heavy (non-hydrogen) atoms. The van der Waals surface area contributed by atoms with E-state index in [-0.39, 0.29) is 0 Å². The highest BCUT2D eigenvalue weighted by Crippen LogP contribution is 2.30. The second-order valence-electron chi connectivity index (χ2n) is 3.56. The maximum absolute atomic E-state index is 10.5. The lowest BCUT2D eigenvalue weighted by molar-refractivity contribution is 0.112. The van der Waals surface area contributed by atoms with Crippen LogP contribution >= 0.6 is 11.3 Å². The lowest BCUT2D eigenvalue weighted by Gasteiger charge is -2.18. The van der Waals surface area contributed by atoms with Gasteiger partial charge < -0.3 is 0 Å². The Kier molecular flexibility index (Phi) is 2.44. The van der Waals surface area contributed by atoms with E-state index in [0.717, 1.165) is 25.0 Å². The first kappa shape index (κ1) is 8.88. The zero-order valence-electron chi connectivity index (χ0n) is 7.75. The van der Waals surface area contributed by atoms with Crippen molar-refractivity contribution in [2.24, 2.45) is 5.92 Å². The van der Waals surface area contributed by atoms with Crippen molar-refractivity contribution in [1.82, 2.24) is 4.98 Å². The van der Waals surface area contributed by atoms with Gasteiger partial charge in [-0.15, -0.1) is 11.3 Å². The molecule has 1 unspecified atom stereocenters. The van der Waals surface area contributed by atoms with Gasteiger partial charge in [0.25, 0.3) is 0 Å². The van der Waals surface area contributed by atoms with Gasteiger partial charge in [-0.05, 0) is 25.2 Å². The highest BCUT2D eigenvalue weighted by Gasteiger charge is 2.20. The van der Waals surface area contributed by atoms with Crippen LogP contribution in [0.1, 0.15) is 40.1 Å². The Morgan fingerprint density at radius 2 is 2.54 bits per heavy atom. The predicted molar refractivity (Wildman–Crippen MR) is 53.3 cm³/mol. The molecule has 1 aromatic rings. The molecule has 0 aliphatic heterocycles. The van der Waals surface area contributed by atoms with E-state index in [4.69, 9.17) is 0 Å². The number of aryl methyl sites for hydroxylation is 1. The Balaban J connectivity index is 2.24. The molecule has 0 saturated heterocycles. The summed E-state index contributed by atoms with van der Waals surface area (Å²) in [5.41, 5.74) is 1.18. The summed E-state index contributed by atoms with van der Waals surface area (Å²) in [6, 6.07) is 0. The van der Waals surface area contributed by atoms with Gasteiger partial charge in [-0.2, -0.15) is 0 Å². The average molecular weight is 195 g/mol. The minimum Gasteiger partial charge on any atom is -0.295 e. The van der Waals surface area contributed by atoms with Crippen LogP contribution in [0, 0.1) is 5.92 Å². The third-order valence-electron chi connectivity index (χ3n) is 2.74. The van der Waals surface area contributed by atoms with E-state index in [1.54, 1.807) is 11.3 Å². The van der Waals surface area contributed by atoms with Crippen molar-refractivity contribution in [1.29, 1.82) is 0 Å². The van der Waals surface area contributed by atoms with Crippen LogP contribution < -0.4 is 0 Å². The maximum atomic E-state index is 10.5. The van der Waals surface area contributed by atoms with E-state index in [0.29, 0.717) is 5.01 Å². The quantitative estimate of drug-likeness (QED) is 0.678. The summed E-state index contributed by atoms with van der Waals surface area (Å²) in [5.74, 6) is 0.812. The first-order chi connectivity index (χ1) is 6.33. The molecule has 1 aliphatic rings. The van der Waals surface area contributed by atoms with Gasteiger partial charge in [-0.25, -0.2) is 4.98 Å². The summed E-state index contributed by atoms with van der Waals surface area (Å²) < 4.78 is 0. The minimum atomic E-state index is 0.654. The molecule has 3 heteroatoms. The molecule has 1 aliphatic carbocycles. The Hall–Kier alpha value is -0.700. The molecule has 2 rings (SSSR count). The Bertz CT molecular complexity index is 319. The molecule has 0 bridgehead atoms. The van der Waals surface area contributed by atoms with Crippen molar-refractivity contribution in [3.05, 3.63) is 15.6 Å². The van der Waals surface area contributed by atoms with Crippen LogP contribution in [0.2, 0.25) is 0 Å². The van der Waals surface area contributed by atoms with Crippen molar-refractivity contribution in [2.45, 2.75) is 32.6 Å². The average Bonchev–Trinajstić information content (AvgIpc) is 2.58. The van der Waals surface area contributed by atoms with Gasteiger partial charge in [0.05, 0.1) is 5.69 Å². The van der Waals surface area contributed by atoms with Crippen LogP contribution in [0.15, 0.2) is 0 Å². The molecule has 0 amide bonds. The van der Waals surface area contributed by atoms with Crippen LogP contribution in [0.25, 0.3) is 0 Å². The molecule has 2 nitrogen and oxygen atoms in total. The summed E-state index contributed by atoms with van der Waals surface area (Å²) in [6.07, 6.45) is 5.55. The fourth-order valence-electron chi connectivity index (χ4n) is 1.86. The first-order valence-electron chi connectivity index (χ1n) is 4.77. The molecule has 1 aromatic heterocycles. The van der Waals surface area contributed by atoms with Crippen molar-refractivity contribution in [3.63, 3.8) is 0 Å². The van der Waals surface area contributed by atoms with Crippen LogP contribution in [-0.4, -0.2) is 11.3 Å². The molecule has 0 spiro atoms. The van der Waals surface area contributed by atoms with Gasteiger partial charge >= 0.3 is 0 Å². The number of aldehydes is 1. The second-order valence-corrected chi connectivity index (χ2v) is 4.67. The molecule has 0 aromatic carbocycles. The Labute approximate surface area is 82.0 Å². The number of aromatic nitrogens is 1. The van der Waals surface area contributed by atoms with E-state index >= 15 is 0 Å². The van der Waals surface area contributed by atoms with Gasteiger partial charge in [-0.3, -0.25) is 4.79 Å². The number of rotatable bonds is 2. The molecule has 1 atom stereocenters. The lowest BCUT2D eigenvalue weighted by Crippen LogP contribution is -2.11. The van der Waals surface area contributed by atoms with Gasteiger partial charge in [0.15, 0.2) is 11.3 Å². The van der Waals surface area contributed by atoms with Crippen molar-refractivity contribution < 1.29 is 4.79 Å². The molecule has 70 valence electrons. The summed E-state index contributed by atoms with van der Waals surface area (Å²) in [5, 5.41) is 0.654. The molecule has 0 radical (unpaired) electrons. The number of hydrogen-bond donors (Lipinski definition) is 0. The number of carbonyl (C=O) groups excluding carboxylic acids is 1. The zero-order chi connectivity index (χ0) is 9.26. The predicted octanol–water partition coefficient (Wildman–Crippen LogP) is 2.47. The highest BCUT2D eigenvalue weighted by atomic mass is 32.1. The standard InChI is InChI=1S/C10H13NOS/c1-2-7-3-4-8-9(5-7)13-10(6-12)11-8/h6-7H,2-5H2,1H3. The topological polar surface area (TPSA) is 30.0 Å². The van der Waals surface area contributed by atoms with E-state index in [9.17, 15) is 4.79 Å². The van der Waals surface area contributed by atoms with Crippen LogP contribution in [0.3, 0.4) is 0 Å². The van der Waals surface area contributed by atoms with Crippen molar-refractivity contribution in [3.8, 4) is 0 Å². The summed E-state index contributed by atoms with van der Waals surface area (Å²) in [7, 11) is 0. The summed E-state index contributed by atoms with van der Waals surface area (Å²) in [4.78, 5) is 16.2. The third-order valence-corrected chi connectivity index (χ3v) is 3.78. The number of fused-ring (bicyclic) bond motifs is 1. The molecular formula is C10H13NOS. The van der Waals surface area contributed by atoms with E-state index in [1.807, 2.05) is 0 Å². The van der Waals surface area contributed by atoms with Crippen LogP contribution in [0.4, 0.5) is 0 Å². The van der Waals surface area contributed by atoms with Gasteiger partial charge in [0.1, 0.15) is 0 Å². The molecule has 0 saturated carbocycles. The lowest BCUT2D eigenvalue weighted by atomic mass is 9.89. The smallest absolute Gasteiger partial charge is 0.178 e. The fourth-order valence-corrected chi connectivity index (χ4v) is 2.90. The normalized spacial score (nSPS) is 21.2.